The van der Waals surface area contributed by atoms with Gasteiger partial charge in [-0.3, -0.25) is 4.99 Å². The van der Waals surface area contributed by atoms with Crippen LogP contribution >= 0.6 is 24.0 Å². The molecule has 26 heavy (non-hydrogen) atoms. The first-order valence-electron chi connectivity index (χ1n) is 8.77. The summed E-state index contributed by atoms with van der Waals surface area (Å²) in [7, 11) is -1.29. The van der Waals surface area contributed by atoms with E-state index in [-0.39, 0.29) is 35.8 Å². The molecule has 6 nitrogen and oxygen atoms in total. The predicted octanol–water partition coefficient (Wildman–Crippen LogP) is 2.38. The van der Waals surface area contributed by atoms with Crippen LogP contribution in [0, 0.1) is 0 Å². The van der Waals surface area contributed by atoms with Gasteiger partial charge in [-0.05, 0) is 56.2 Å². The minimum atomic E-state index is -2.97. The van der Waals surface area contributed by atoms with Crippen molar-refractivity contribution in [2.45, 2.75) is 51.6 Å². The third-order valence-corrected chi connectivity index (χ3v) is 5.56. The Hall–Kier alpha value is -1.03. The Morgan fingerprint density at radius 3 is 2.65 bits per heavy atom. The Morgan fingerprint density at radius 1 is 1.31 bits per heavy atom. The fraction of sp³-hybridized carbons (Fsp3) is 0.611. The molecular weight excluding hydrogens is 465 g/mol. The molecular formula is C18H30IN3O3S. The van der Waals surface area contributed by atoms with Crippen molar-refractivity contribution < 1.29 is 13.5 Å². The third-order valence-electron chi connectivity index (χ3n) is 4.59. The molecule has 0 aromatic heterocycles. The van der Waals surface area contributed by atoms with Crippen molar-refractivity contribution >= 4 is 39.8 Å². The van der Waals surface area contributed by atoms with Crippen LogP contribution in [0.5, 0.6) is 5.75 Å². The number of hydrogen-bond donors (Lipinski definition) is 3. The highest BCUT2D eigenvalue weighted by Gasteiger charge is 2.17. The summed E-state index contributed by atoms with van der Waals surface area (Å²) in [4.78, 5) is 4.19. The highest BCUT2D eigenvalue weighted by Crippen LogP contribution is 2.30. The van der Waals surface area contributed by atoms with Gasteiger partial charge in [0, 0.05) is 31.5 Å². The quantitative estimate of drug-likeness (QED) is 0.320. The van der Waals surface area contributed by atoms with Crippen LogP contribution < -0.4 is 10.6 Å². The van der Waals surface area contributed by atoms with E-state index in [9.17, 15) is 13.5 Å². The zero-order chi connectivity index (χ0) is 18.4. The summed E-state index contributed by atoms with van der Waals surface area (Å²) in [6, 6.07) is 3.78. The average molecular weight is 495 g/mol. The molecule has 8 heteroatoms. The second kappa shape index (κ2) is 10.3. The van der Waals surface area contributed by atoms with Crippen LogP contribution in [0.2, 0.25) is 0 Å². The van der Waals surface area contributed by atoms with Gasteiger partial charge in [0.25, 0.3) is 0 Å². The van der Waals surface area contributed by atoms with Crippen LogP contribution in [0.25, 0.3) is 0 Å². The van der Waals surface area contributed by atoms with Crippen LogP contribution in [-0.4, -0.2) is 44.6 Å². The van der Waals surface area contributed by atoms with E-state index < -0.39 is 9.84 Å². The van der Waals surface area contributed by atoms with Crippen LogP contribution in [0.1, 0.15) is 42.9 Å². The van der Waals surface area contributed by atoms with Crippen molar-refractivity contribution in [2.24, 2.45) is 4.99 Å². The molecule has 1 unspecified atom stereocenters. The molecule has 148 valence electrons. The zero-order valence-electron chi connectivity index (χ0n) is 15.7. The molecule has 3 N–H and O–H groups in total. The van der Waals surface area contributed by atoms with E-state index in [4.69, 9.17) is 0 Å². The Bertz CT molecular complexity index is 735. The van der Waals surface area contributed by atoms with Gasteiger partial charge in [0.2, 0.25) is 0 Å². The maximum Gasteiger partial charge on any atom is 0.191 e. The number of rotatable bonds is 6. The second-order valence-corrected chi connectivity index (χ2v) is 9.06. The van der Waals surface area contributed by atoms with Gasteiger partial charge in [-0.1, -0.05) is 6.07 Å². The number of fused-ring (bicyclic) bond motifs is 1. The van der Waals surface area contributed by atoms with Crippen molar-refractivity contribution in [1.29, 1.82) is 0 Å². The first-order valence-corrected chi connectivity index (χ1v) is 10.8. The van der Waals surface area contributed by atoms with Crippen molar-refractivity contribution in [3.63, 3.8) is 0 Å². The third kappa shape index (κ3) is 6.94. The molecule has 1 aliphatic carbocycles. The smallest absolute Gasteiger partial charge is 0.191 e. The zero-order valence-corrected chi connectivity index (χ0v) is 18.9. The number of benzene rings is 1. The monoisotopic (exact) mass is 495 g/mol. The van der Waals surface area contributed by atoms with Crippen LogP contribution in [-0.2, 0) is 29.2 Å². The largest absolute Gasteiger partial charge is 0.508 e. The van der Waals surface area contributed by atoms with Crippen LogP contribution in [0.4, 0.5) is 0 Å². The number of aryl methyl sites for hydroxylation is 1. The molecule has 0 amide bonds. The maximum absolute atomic E-state index is 11.3. The molecule has 0 saturated carbocycles. The molecule has 1 atom stereocenters. The number of phenols is 1. The number of nitrogens with one attached hydrogen (secondary N) is 2. The summed E-state index contributed by atoms with van der Waals surface area (Å²) in [5.41, 5.74) is 3.51. The van der Waals surface area contributed by atoms with Gasteiger partial charge >= 0.3 is 0 Å². The Morgan fingerprint density at radius 2 is 2.00 bits per heavy atom. The first kappa shape index (κ1) is 23.0. The Kier molecular flexibility index (Phi) is 9.15. The Balaban J connectivity index is 0.00000338. The van der Waals surface area contributed by atoms with Crippen molar-refractivity contribution in [1.82, 2.24) is 10.6 Å². The second-order valence-electron chi connectivity index (χ2n) is 6.80. The van der Waals surface area contributed by atoms with Gasteiger partial charge in [-0.2, -0.15) is 0 Å². The molecule has 0 heterocycles. The topological polar surface area (TPSA) is 90.8 Å². The number of phenolic OH excluding ortho intramolecular Hbond substituents is 1. The van der Waals surface area contributed by atoms with E-state index >= 15 is 0 Å². The van der Waals surface area contributed by atoms with Gasteiger partial charge < -0.3 is 15.7 Å². The summed E-state index contributed by atoms with van der Waals surface area (Å²) in [5, 5.41) is 16.7. The minimum Gasteiger partial charge on any atom is -0.508 e. The highest BCUT2D eigenvalue weighted by molar-refractivity contribution is 14.0. The predicted molar refractivity (Wildman–Crippen MR) is 117 cm³/mol. The Labute approximate surface area is 173 Å². The molecule has 1 aromatic carbocycles. The molecule has 0 fully saturated rings. The average Bonchev–Trinajstić information content (AvgIpc) is 2.57. The number of aliphatic imine (C=N–C) groups is 1. The van der Waals surface area contributed by atoms with Crippen LogP contribution in [0.15, 0.2) is 17.1 Å². The lowest BCUT2D eigenvalue weighted by Crippen LogP contribution is -2.42. The normalized spacial score (nSPS) is 15.6. The number of nitrogens with zero attached hydrogens (tertiary/aromatic N) is 1. The van der Waals surface area contributed by atoms with E-state index in [0.29, 0.717) is 24.7 Å². The lowest BCUT2D eigenvalue weighted by atomic mass is 9.88. The van der Waals surface area contributed by atoms with Crippen molar-refractivity contribution in [2.75, 3.05) is 19.1 Å². The SMILES string of the molecule is CN=C(NCc1c(O)ccc2c1CCCC2)NC(C)CCS(C)(=O)=O.I. The standard InChI is InChI=1S/C18H29N3O3S.HI/c1-13(10-11-25(3,23)24)21-18(19-2)20-12-16-15-7-5-4-6-14(15)8-9-17(16)22;/h8-9,13,22H,4-7,10-12H2,1-3H3,(H2,19,20,21);1H. The molecule has 1 aliphatic rings. The molecule has 0 spiro atoms. The van der Waals surface area contributed by atoms with Gasteiger partial charge in [-0.15, -0.1) is 24.0 Å². The number of aromatic hydroxyl groups is 1. The minimum absolute atomic E-state index is 0. The lowest BCUT2D eigenvalue weighted by molar-refractivity contribution is 0.463. The fourth-order valence-electron chi connectivity index (χ4n) is 3.15. The summed E-state index contributed by atoms with van der Waals surface area (Å²) in [6.07, 6.45) is 6.18. The molecule has 0 aliphatic heterocycles. The molecule has 0 radical (unpaired) electrons. The first-order chi connectivity index (χ1) is 11.8. The fourth-order valence-corrected chi connectivity index (χ4v) is 3.93. The van der Waals surface area contributed by atoms with Crippen molar-refractivity contribution in [3.8, 4) is 5.75 Å². The summed E-state index contributed by atoms with van der Waals surface area (Å²) in [5.74, 6) is 1.06. The maximum atomic E-state index is 11.3. The van der Waals surface area contributed by atoms with Gasteiger partial charge in [0.15, 0.2) is 5.96 Å². The number of hydrogen-bond acceptors (Lipinski definition) is 4. The van der Waals surface area contributed by atoms with E-state index in [1.165, 1.54) is 23.8 Å². The summed E-state index contributed by atoms with van der Waals surface area (Å²) in [6.45, 7) is 2.42. The number of halogens is 1. The van der Waals surface area contributed by atoms with E-state index in [1.54, 1.807) is 13.1 Å². The van der Waals surface area contributed by atoms with E-state index in [2.05, 4.69) is 15.6 Å². The number of guanidine groups is 1. The van der Waals surface area contributed by atoms with E-state index in [0.717, 1.165) is 24.8 Å². The molecule has 0 bridgehead atoms. The molecule has 2 rings (SSSR count). The van der Waals surface area contributed by atoms with Gasteiger partial charge in [0.1, 0.15) is 15.6 Å². The summed E-state index contributed by atoms with van der Waals surface area (Å²) >= 11 is 0. The van der Waals surface area contributed by atoms with Gasteiger partial charge in [0.05, 0.1) is 5.75 Å². The molecule has 0 saturated heterocycles. The highest BCUT2D eigenvalue weighted by atomic mass is 127. The van der Waals surface area contributed by atoms with Crippen molar-refractivity contribution in [3.05, 3.63) is 28.8 Å². The molecule has 1 aromatic rings. The summed E-state index contributed by atoms with van der Waals surface area (Å²) < 4.78 is 22.5. The van der Waals surface area contributed by atoms with Gasteiger partial charge in [-0.25, -0.2) is 8.42 Å². The van der Waals surface area contributed by atoms with Crippen LogP contribution in [0.3, 0.4) is 0 Å². The number of sulfone groups is 1. The van der Waals surface area contributed by atoms with E-state index in [1.807, 2.05) is 13.0 Å². The lowest BCUT2D eigenvalue weighted by Gasteiger charge is -2.22.